The summed E-state index contributed by atoms with van der Waals surface area (Å²) in [4.78, 5) is 11.8. The Bertz CT molecular complexity index is 927. The van der Waals surface area contributed by atoms with Crippen molar-refractivity contribution in [1.82, 2.24) is 0 Å². The Morgan fingerprint density at radius 1 is 1.23 bits per heavy atom. The third-order valence-electron chi connectivity index (χ3n) is 4.12. The summed E-state index contributed by atoms with van der Waals surface area (Å²) in [6.07, 6.45) is -0.00804. The van der Waals surface area contributed by atoms with Gasteiger partial charge >= 0.3 is 6.09 Å². The Kier molecular flexibility index (Phi) is 5.03. The van der Waals surface area contributed by atoms with Crippen LogP contribution in [0.2, 0.25) is 0 Å². The van der Waals surface area contributed by atoms with Crippen LogP contribution in [0.5, 0.6) is 5.75 Å². The number of anilines is 2. The standard InChI is InChI=1S/C18H20N2O5S/c1-3-25-18(21)19-15-12-14(8-9-17(15)24-2)26(22,23)20-11-10-13-6-4-5-7-16(13)20/h4-9,12H,3,10-11H2,1-2H3,(H,19,21). The van der Waals surface area contributed by atoms with Crippen molar-refractivity contribution in [2.24, 2.45) is 0 Å². The maximum Gasteiger partial charge on any atom is 0.411 e. The molecule has 8 heteroatoms. The van der Waals surface area contributed by atoms with Gasteiger partial charge < -0.3 is 9.47 Å². The van der Waals surface area contributed by atoms with Crippen molar-refractivity contribution in [2.75, 3.05) is 29.9 Å². The van der Waals surface area contributed by atoms with Crippen LogP contribution in [0.3, 0.4) is 0 Å². The van der Waals surface area contributed by atoms with Gasteiger partial charge in [-0.2, -0.15) is 0 Å². The molecule has 2 aromatic rings. The topological polar surface area (TPSA) is 84.9 Å². The monoisotopic (exact) mass is 376 g/mol. The predicted molar refractivity (Wildman–Crippen MR) is 98.3 cm³/mol. The number of amides is 1. The van der Waals surface area contributed by atoms with E-state index in [1.54, 1.807) is 13.0 Å². The lowest BCUT2D eigenvalue weighted by Crippen LogP contribution is -2.29. The van der Waals surface area contributed by atoms with E-state index in [-0.39, 0.29) is 17.2 Å². The van der Waals surface area contributed by atoms with Crippen molar-refractivity contribution < 1.29 is 22.7 Å². The van der Waals surface area contributed by atoms with Crippen molar-refractivity contribution in [3.63, 3.8) is 0 Å². The number of carbonyl (C=O) groups excluding carboxylic acids is 1. The van der Waals surface area contributed by atoms with E-state index in [2.05, 4.69) is 5.32 Å². The fraction of sp³-hybridized carbons (Fsp3) is 0.278. The normalized spacial score (nSPS) is 13.2. The lowest BCUT2D eigenvalue weighted by atomic mass is 10.2. The van der Waals surface area contributed by atoms with E-state index >= 15 is 0 Å². The zero-order valence-electron chi connectivity index (χ0n) is 14.6. The average molecular weight is 376 g/mol. The zero-order valence-corrected chi connectivity index (χ0v) is 15.4. The molecule has 0 saturated heterocycles. The van der Waals surface area contributed by atoms with Gasteiger partial charge in [0.1, 0.15) is 5.75 Å². The number of rotatable bonds is 5. The molecule has 0 unspecified atom stereocenters. The number of hydrogen-bond donors (Lipinski definition) is 1. The number of carbonyl (C=O) groups is 1. The van der Waals surface area contributed by atoms with E-state index in [1.807, 2.05) is 18.2 Å². The molecule has 1 amide bonds. The smallest absolute Gasteiger partial charge is 0.411 e. The maximum atomic E-state index is 13.1. The molecule has 0 radical (unpaired) electrons. The van der Waals surface area contributed by atoms with E-state index in [1.165, 1.54) is 29.6 Å². The first kappa shape index (κ1) is 18.1. The molecule has 0 spiro atoms. The molecule has 26 heavy (non-hydrogen) atoms. The summed E-state index contributed by atoms with van der Waals surface area (Å²) < 4.78 is 37.6. The summed E-state index contributed by atoms with van der Waals surface area (Å²) in [6.45, 7) is 2.27. The Morgan fingerprint density at radius 3 is 2.73 bits per heavy atom. The molecule has 138 valence electrons. The molecule has 1 heterocycles. The number of nitrogens with one attached hydrogen (secondary N) is 1. The number of hydrogen-bond acceptors (Lipinski definition) is 5. The summed E-state index contributed by atoms with van der Waals surface area (Å²) in [5.41, 5.74) is 1.91. The van der Waals surface area contributed by atoms with Crippen LogP contribution in [0, 0.1) is 0 Å². The van der Waals surface area contributed by atoms with E-state index < -0.39 is 16.1 Å². The number of nitrogens with zero attached hydrogens (tertiary/aromatic N) is 1. The highest BCUT2D eigenvalue weighted by molar-refractivity contribution is 7.92. The first-order valence-electron chi connectivity index (χ1n) is 8.20. The van der Waals surface area contributed by atoms with Crippen LogP contribution in [0.1, 0.15) is 12.5 Å². The van der Waals surface area contributed by atoms with Crippen molar-refractivity contribution in [3.8, 4) is 5.75 Å². The predicted octanol–water partition coefficient (Wildman–Crippen LogP) is 3.02. The highest BCUT2D eigenvalue weighted by Crippen LogP contribution is 2.35. The van der Waals surface area contributed by atoms with E-state index in [0.29, 0.717) is 24.4 Å². The van der Waals surface area contributed by atoms with Crippen molar-refractivity contribution >= 4 is 27.5 Å². The molecule has 1 aliphatic rings. The number of benzene rings is 2. The van der Waals surface area contributed by atoms with Gasteiger partial charge in [-0.15, -0.1) is 0 Å². The minimum Gasteiger partial charge on any atom is -0.495 e. The van der Waals surface area contributed by atoms with E-state index in [0.717, 1.165) is 5.56 Å². The van der Waals surface area contributed by atoms with Gasteiger partial charge in [0.15, 0.2) is 0 Å². The second kappa shape index (κ2) is 7.25. The van der Waals surface area contributed by atoms with Crippen molar-refractivity contribution in [1.29, 1.82) is 0 Å². The molecular formula is C18H20N2O5S. The van der Waals surface area contributed by atoms with Gasteiger partial charge in [0, 0.05) is 6.54 Å². The molecule has 7 nitrogen and oxygen atoms in total. The van der Waals surface area contributed by atoms with Crippen LogP contribution in [-0.2, 0) is 21.2 Å². The summed E-state index contributed by atoms with van der Waals surface area (Å²) in [6, 6.07) is 11.8. The van der Waals surface area contributed by atoms with Gasteiger partial charge in [0.25, 0.3) is 10.0 Å². The lowest BCUT2D eigenvalue weighted by molar-refractivity contribution is 0.168. The van der Waals surface area contributed by atoms with Crippen molar-refractivity contribution in [2.45, 2.75) is 18.2 Å². The maximum absolute atomic E-state index is 13.1. The average Bonchev–Trinajstić information content (AvgIpc) is 3.06. The fourth-order valence-corrected chi connectivity index (χ4v) is 4.44. The van der Waals surface area contributed by atoms with Crippen molar-refractivity contribution in [3.05, 3.63) is 48.0 Å². The first-order chi connectivity index (χ1) is 12.5. The highest BCUT2D eigenvalue weighted by Gasteiger charge is 2.31. The molecule has 3 rings (SSSR count). The van der Waals surface area contributed by atoms with Crippen LogP contribution < -0.4 is 14.4 Å². The number of methoxy groups -OCH3 is 1. The van der Waals surface area contributed by atoms with Gasteiger partial charge in [-0.3, -0.25) is 9.62 Å². The Hall–Kier alpha value is -2.74. The summed E-state index contributed by atoms with van der Waals surface area (Å²) in [5.74, 6) is 0.346. The van der Waals surface area contributed by atoms with Gasteiger partial charge in [-0.25, -0.2) is 13.2 Å². The Morgan fingerprint density at radius 2 is 2.00 bits per heavy atom. The Balaban J connectivity index is 1.97. The number of sulfonamides is 1. The fourth-order valence-electron chi connectivity index (χ4n) is 2.91. The number of fused-ring (bicyclic) bond motifs is 1. The molecule has 1 N–H and O–H groups in total. The SMILES string of the molecule is CCOC(=O)Nc1cc(S(=O)(=O)N2CCc3ccccc32)ccc1OC. The molecule has 0 bridgehead atoms. The number of ether oxygens (including phenoxy) is 2. The molecule has 0 saturated carbocycles. The Labute approximate surface area is 152 Å². The first-order valence-corrected chi connectivity index (χ1v) is 9.64. The molecule has 0 fully saturated rings. The third-order valence-corrected chi connectivity index (χ3v) is 5.92. The van der Waals surface area contributed by atoms with Gasteiger partial charge in [-0.1, -0.05) is 18.2 Å². The molecule has 1 aliphatic heterocycles. The zero-order chi connectivity index (χ0) is 18.7. The van der Waals surface area contributed by atoms with Crippen LogP contribution in [0.25, 0.3) is 0 Å². The largest absolute Gasteiger partial charge is 0.495 e. The quantitative estimate of drug-likeness (QED) is 0.867. The number of para-hydroxylation sites is 1. The van der Waals surface area contributed by atoms with Crippen LogP contribution in [0.15, 0.2) is 47.4 Å². The second-order valence-electron chi connectivity index (χ2n) is 5.66. The van der Waals surface area contributed by atoms with E-state index in [9.17, 15) is 13.2 Å². The van der Waals surface area contributed by atoms with Crippen LogP contribution >= 0.6 is 0 Å². The summed E-state index contributed by atoms with van der Waals surface area (Å²) >= 11 is 0. The third kappa shape index (κ3) is 3.32. The molecule has 0 aliphatic carbocycles. The molecular weight excluding hydrogens is 356 g/mol. The molecule has 0 atom stereocenters. The van der Waals surface area contributed by atoms with Crippen LogP contribution in [-0.4, -0.2) is 34.8 Å². The van der Waals surface area contributed by atoms with Crippen LogP contribution in [0.4, 0.5) is 16.2 Å². The minimum atomic E-state index is -3.76. The second-order valence-corrected chi connectivity index (χ2v) is 7.53. The molecule has 0 aromatic heterocycles. The van der Waals surface area contributed by atoms with Gasteiger partial charge in [0.2, 0.25) is 0 Å². The minimum absolute atomic E-state index is 0.0711. The summed E-state index contributed by atoms with van der Waals surface area (Å²) in [5, 5.41) is 2.52. The van der Waals surface area contributed by atoms with Gasteiger partial charge in [0.05, 0.1) is 30.0 Å². The molecule has 2 aromatic carbocycles. The van der Waals surface area contributed by atoms with E-state index in [4.69, 9.17) is 9.47 Å². The highest BCUT2D eigenvalue weighted by atomic mass is 32.2. The lowest BCUT2D eigenvalue weighted by Gasteiger charge is -2.20. The summed E-state index contributed by atoms with van der Waals surface area (Å²) in [7, 11) is -2.32. The van der Waals surface area contributed by atoms with Gasteiger partial charge in [-0.05, 0) is 43.2 Å².